The molecule has 16 heteroatoms. The number of fused-ring (bicyclic) bond motifs is 1. The van der Waals surface area contributed by atoms with E-state index in [0.717, 1.165) is 33.9 Å². The van der Waals surface area contributed by atoms with Crippen molar-refractivity contribution in [3.63, 3.8) is 0 Å². The summed E-state index contributed by atoms with van der Waals surface area (Å²) in [7, 11) is -4.73. The zero-order valence-electron chi connectivity index (χ0n) is 34.0. The Morgan fingerprint density at radius 3 is 1.77 bits per heavy atom. The Morgan fingerprint density at radius 2 is 1.23 bits per heavy atom. The molecule has 2 atom stereocenters. The number of hydrogen-bond acceptors (Lipinski definition) is 11. The van der Waals surface area contributed by atoms with Crippen molar-refractivity contribution < 1.29 is 41.9 Å². The maximum atomic E-state index is 13.7. The van der Waals surface area contributed by atoms with Gasteiger partial charge in [0.1, 0.15) is 22.1 Å². The van der Waals surface area contributed by atoms with Crippen molar-refractivity contribution >= 4 is 33.4 Å². The maximum Gasteiger partial charge on any atom is 0.339 e. The van der Waals surface area contributed by atoms with Crippen LogP contribution in [-0.4, -0.2) is 42.3 Å². The number of aliphatic hydroxyl groups is 1. The van der Waals surface area contributed by atoms with Crippen LogP contribution < -0.4 is 8.92 Å². The zero-order chi connectivity index (χ0) is 45.0. The van der Waals surface area contributed by atoms with Gasteiger partial charge in [0.05, 0.1) is 17.5 Å². The lowest BCUT2D eigenvalue weighted by Crippen LogP contribution is -2.26. The van der Waals surface area contributed by atoms with Crippen molar-refractivity contribution in [3.05, 3.63) is 193 Å². The Kier molecular flexibility index (Phi) is 12.5. The number of aromatic hydroxyl groups is 1. The number of rotatable bonds is 15. The van der Waals surface area contributed by atoms with Crippen LogP contribution in [0.5, 0.6) is 17.2 Å². The van der Waals surface area contributed by atoms with Gasteiger partial charge in [-0.25, -0.2) is 4.79 Å². The molecular formula is C46H40N6O9S. The molecule has 0 aromatic heterocycles. The second-order valence-corrected chi connectivity index (χ2v) is 16.8. The molecule has 1 aliphatic rings. The minimum Gasteiger partial charge on any atom is -0.508 e. The highest BCUT2D eigenvalue weighted by atomic mass is 32.2. The van der Waals surface area contributed by atoms with Crippen LogP contribution in [0.25, 0.3) is 26.6 Å². The second-order valence-electron chi connectivity index (χ2n) is 15.3. The van der Waals surface area contributed by atoms with E-state index in [1.165, 1.54) is 24.3 Å². The molecule has 2 N–H and O–H groups in total. The van der Waals surface area contributed by atoms with Crippen LogP contribution in [0.1, 0.15) is 84.3 Å². The number of allylic oxidation sites excluding steroid dienone is 1. The fourth-order valence-electron chi connectivity index (χ4n) is 7.21. The van der Waals surface area contributed by atoms with Gasteiger partial charge in [0.2, 0.25) is 11.6 Å². The molecule has 0 spiro atoms. The topological polar surface area (TPSA) is 242 Å². The SMILES string of the molecule is C=C(CCC(C)O)C(=O)Oc1ccc(C(C)(c2ccc(O)cc2)c2ccc(C(C)(C)c3ccc(OS(=O)(=O)c4cccc5c4C(N=[N+]=[N-])=C(N=[N+]=[N-])C(=O)C5=O)cc3)cc2)cc1. The molecule has 5 aromatic carbocycles. The van der Waals surface area contributed by atoms with Gasteiger partial charge in [-0.3, -0.25) is 9.59 Å². The van der Waals surface area contributed by atoms with Gasteiger partial charge in [0.25, 0.3) is 0 Å². The third-order valence-corrected chi connectivity index (χ3v) is 12.2. The first kappa shape index (κ1) is 44.1. The molecule has 6 rings (SSSR count). The number of Topliss-reactive ketones (excluding diaryl/α,β-unsaturated/α-hetero) is 2. The molecule has 0 aliphatic heterocycles. The second kappa shape index (κ2) is 17.6. The van der Waals surface area contributed by atoms with Crippen molar-refractivity contribution in [1.29, 1.82) is 0 Å². The number of nitrogens with zero attached hydrogens (tertiary/aromatic N) is 6. The van der Waals surface area contributed by atoms with Crippen LogP contribution in [0.4, 0.5) is 0 Å². The number of benzene rings is 5. The van der Waals surface area contributed by atoms with Crippen LogP contribution in [0.3, 0.4) is 0 Å². The van der Waals surface area contributed by atoms with Gasteiger partial charge in [0.15, 0.2) is 0 Å². The number of ketones is 2. The van der Waals surface area contributed by atoms with Crippen molar-refractivity contribution in [2.75, 3.05) is 0 Å². The van der Waals surface area contributed by atoms with Gasteiger partial charge in [-0.05, 0) is 108 Å². The molecule has 1 aliphatic carbocycles. The highest BCUT2D eigenvalue weighted by Gasteiger charge is 2.37. The molecule has 62 heavy (non-hydrogen) atoms. The monoisotopic (exact) mass is 852 g/mol. The van der Waals surface area contributed by atoms with Crippen LogP contribution in [0.2, 0.25) is 0 Å². The minimum absolute atomic E-state index is 0.0768. The Hall–Kier alpha value is -7.48. The van der Waals surface area contributed by atoms with Crippen molar-refractivity contribution in [2.45, 2.75) is 62.4 Å². The number of carbonyl (C=O) groups is 3. The van der Waals surface area contributed by atoms with Gasteiger partial charge >= 0.3 is 16.1 Å². The molecule has 314 valence electrons. The van der Waals surface area contributed by atoms with E-state index in [4.69, 9.17) is 14.5 Å². The molecule has 15 nitrogen and oxygen atoms in total. The average Bonchev–Trinajstić information content (AvgIpc) is 3.26. The first-order valence-electron chi connectivity index (χ1n) is 19.1. The van der Waals surface area contributed by atoms with E-state index in [0.29, 0.717) is 18.6 Å². The van der Waals surface area contributed by atoms with Gasteiger partial charge in [-0.2, -0.15) is 8.42 Å². The number of esters is 1. The largest absolute Gasteiger partial charge is 0.508 e. The number of aliphatic hydroxyl groups excluding tert-OH is 1. The molecule has 0 amide bonds. The molecule has 0 bridgehead atoms. The van der Waals surface area contributed by atoms with E-state index in [1.54, 1.807) is 43.3 Å². The van der Waals surface area contributed by atoms with Crippen LogP contribution >= 0.6 is 0 Å². The third-order valence-electron chi connectivity index (χ3n) is 10.9. The van der Waals surface area contributed by atoms with E-state index < -0.39 is 66.4 Å². The van der Waals surface area contributed by atoms with Crippen molar-refractivity contribution in [2.24, 2.45) is 10.2 Å². The van der Waals surface area contributed by atoms with E-state index in [1.807, 2.05) is 62.4 Å². The Balaban J connectivity index is 1.26. The van der Waals surface area contributed by atoms with Crippen molar-refractivity contribution in [3.8, 4) is 17.2 Å². The number of ether oxygens (including phenoxy) is 1. The smallest absolute Gasteiger partial charge is 0.339 e. The summed E-state index contributed by atoms with van der Waals surface area (Å²) < 4.78 is 38.5. The number of carbonyl (C=O) groups excluding carboxylic acids is 3. The Bertz CT molecular complexity index is 2840. The molecule has 0 saturated carbocycles. The fourth-order valence-corrected chi connectivity index (χ4v) is 8.37. The number of azide groups is 2. The highest BCUT2D eigenvalue weighted by molar-refractivity contribution is 7.87. The number of phenols is 1. The van der Waals surface area contributed by atoms with Crippen LogP contribution in [-0.2, 0) is 30.5 Å². The van der Waals surface area contributed by atoms with Crippen LogP contribution in [0.15, 0.2) is 148 Å². The third kappa shape index (κ3) is 8.71. The lowest BCUT2D eigenvalue weighted by molar-refractivity contribution is -0.130. The summed E-state index contributed by atoms with van der Waals surface area (Å²) >= 11 is 0. The zero-order valence-corrected chi connectivity index (χ0v) is 34.8. The predicted octanol–water partition coefficient (Wildman–Crippen LogP) is 9.52. The minimum atomic E-state index is -4.73. The quantitative estimate of drug-likeness (QED) is 0.0117. The predicted molar refractivity (Wildman–Crippen MR) is 230 cm³/mol. The van der Waals surface area contributed by atoms with Gasteiger partial charge in [-0.15, -0.1) is 0 Å². The average molecular weight is 853 g/mol. The van der Waals surface area contributed by atoms with Gasteiger partial charge in [0, 0.05) is 37.4 Å². The standard InChI is InChI=1S/C46H40N6O9S/c1-27(9-10-28(2)53)44(57)60-35-23-19-33(20-24-35)46(5,32-15-21-34(54)22-16-32)31-13-11-29(12-14-31)45(3,4)30-17-25-36(26-18-30)61-62(58,59)38-8-6-7-37-39(38)40(49-51-47)41(50-52-48)43(56)42(37)55/h6-8,11-26,28,53-54H,1,9-10H2,2-5H3. The fraction of sp³-hybridized carbons (Fsp3) is 0.196. The lowest BCUT2D eigenvalue weighted by atomic mass is 9.70. The van der Waals surface area contributed by atoms with Crippen molar-refractivity contribution in [1.82, 2.24) is 0 Å². The number of phenolic OH excluding ortho intramolecular Hbond substituents is 1. The van der Waals surface area contributed by atoms with Gasteiger partial charge < -0.3 is 19.1 Å². The summed E-state index contributed by atoms with van der Waals surface area (Å²) in [6.45, 7) is 11.5. The summed E-state index contributed by atoms with van der Waals surface area (Å²) in [6.07, 6.45) is 0.131. The van der Waals surface area contributed by atoms with E-state index in [-0.39, 0.29) is 22.6 Å². The summed E-state index contributed by atoms with van der Waals surface area (Å²) in [5, 5.41) is 26.3. The molecular weight excluding hydrogens is 813 g/mol. The molecule has 5 aromatic rings. The number of hydrogen-bond donors (Lipinski definition) is 2. The Morgan fingerprint density at radius 1 is 0.742 bits per heavy atom. The summed E-state index contributed by atoms with van der Waals surface area (Å²) in [5.41, 5.74) is 19.3. The Labute approximate surface area is 357 Å². The van der Waals surface area contributed by atoms with E-state index in [9.17, 15) is 38.5 Å². The summed E-state index contributed by atoms with van der Waals surface area (Å²) in [4.78, 5) is 42.7. The first-order chi connectivity index (χ1) is 29.4. The van der Waals surface area contributed by atoms with E-state index >= 15 is 0 Å². The molecule has 0 heterocycles. The normalized spacial score (nSPS) is 14.1. The first-order valence-corrected chi connectivity index (χ1v) is 20.5. The summed E-state index contributed by atoms with van der Waals surface area (Å²) in [6, 6.07) is 32.0. The lowest BCUT2D eigenvalue weighted by Gasteiger charge is -2.33. The van der Waals surface area contributed by atoms with E-state index in [2.05, 4.69) is 33.6 Å². The van der Waals surface area contributed by atoms with Gasteiger partial charge in [-0.1, -0.05) is 103 Å². The highest BCUT2D eigenvalue weighted by Crippen LogP contribution is 2.42. The molecule has 2 unspecified atom stereocenters. The molecule has 0 saturated heterocycles. The molecule has 0 fully saturated rings. The summed E-state index contributed by atoms with van der Waals surface area (Å²) in [5.74, 6) is -2.60. The van der Waals surface area contributed by atoms with Crippen LogP contribution in [0, 0.1) is 0 Å². The molecule has 0 radical (unpaired) electrons. The maximum absolute atomic E-state index is 13.7.